The van der Waals surface area contributed by atoms with E-state index < -0.39 is 0 Å². The minimum absolute atomic E-state index is 0.810. The topological polar surface area (TPSA) is 15.3 Å². The number of rotatable bonds is 0. The van der Waals surface area contributed by atoms with Crippen molar-refractivity contribution < 1.29 is 0 Å². The van der Waals surface area contributed by atoms with Crippen molar-refractivity contribution in [1.29, 1.82) is 0 Å². The third-order valence-electron chi connectivity index (χ3n) is 3.43. The van der Waals surface area contributed by atoms with Crippen molar-refractivity contribution in [3.63, 3.8) is 0 Å². The Kier molecular flexibility index (Phi) is 1.90. The van der Waals surface area contributed by atoms with Crippen LogP contribution in [0.2, 0.25) is 0 Å². The minimum atomic E-state index is 0.810. The molecule has 1 N–H and O–H groups in total. The van der Waals surface area contributed by atoms with Crippen molar-refractivity contribution in [2.75, 3.05) is 20.1 Å². The smallest absolute Gasteiger partial charge is 0.0148 e. The lowest BCUT2D eigenvalue weighted by Crippen LogP contribution is -2.42. The summed E-state index contributed by atoms with van der Waals surface area (Å²) in [4.78, 5) is 2.56. The molecule has 2 aliphatic rings. The first-order valence-corrected chi connectivity index (χ1v) is 4.71. The van der Waals surface area contributed by atoms with Crippen LogP contribution in [0.15, 0.2) is 0 Å². The number of fused-ring (bicyclic) bond motifs is 1. The molecule has 2 fully saturated rings. The number of hydrogen-bond donors (Lipinski definition) is 1. The second kappa shape index (κ2) is 2.76. The predicted molar refractivity (Wildman–Crippen MR) is 46.6 cm³/mol. The maximum atomic E-state index is 3.47. The van der Waals surface area contributed by atoms with Gasteiger partial charge in [0.05, 0.1) is 0 Å². The first kappa shape index (κ1) is 7.56. The molecule has 0 aliphatic carbocycles. The summed E-state index contributed by atoms with van der Waals surface area (Å²) in [6.07, 6.45) is 2.75. The van der Waals surface area contributed by atoms with Gasteiger partial charge in [-0.2, -0.15) is 0 Å². The lowest BCUT2D eigenvalue weighted by Gasteiger charge is -2.30. The largest absolute Gasteiger partial charge is 0.316 e. The zero-order chi connectivity index (χ0) is 7.84. The van der Waals surface area contributed by atoms with Gasteiger partial charge in [0.25, 0.3) is 0 Å². The number of nitrogens with one attached hydrogen (secondary N) is 1. The molecule has 2 rings (SSSR count). The Morgan fingerprint density at radius 1 is 1.45 bits per heavy atom. The van der Waals surface area contributed by atoms with E-state index in [0.717, 1.165) is 18.0 Å². The summed E-state index contributed by atoms with van der Waals surface area (Å²) in [7, 11) is 2.28. The molecule has 2 nitrogen and oxygen atoms in total. The standard InChI is InChI=1S/C9H18N2/c1-7-5-8-6-10-4-3-9(8)11(7)2/h7-10H,3-6H2,1-2H3. The van der Waals surface area contributed by atoms with Crippen molar-refractivity contribution in [2.24, 2.45) is 5.92 Å². The molecular formula is C9H18N2. The molecule has 2 heteroatoms. The highest BCUT2D eigenvalue weighted by atomic mass is 15.2. The van der Waals surface area contributed by atoms with Crippen LogP contribution in [0.1, 0.15) is 19.8 Å². The highest BCUT2D eigenvalue weighted by Gasteiger charge is 2.37. The average Bonchev–Trinajstić information content (AvgIpc) is 2.30. The molecule has 0 spiro atoms. The Hall–Kier alpha value is -0.0800. The molecule has 0 radical (unpaired) electrons. The van der Waals surface area contributed by atoms with Crippen molar-refractivity contribution in [2.45, 2.75) is 31.8 Å². The zero-order valence-corrected chi connectivity index (χ0v) is 7.51. The van der Waals surface area contributed by atoms with E-state index in [1.165, 1.54) is 25.9 Å². The van der Waals surface area contributed by atoms with Crippen LogP contribution in [0, 0.1) is 5.92 Å². The van der Waals surface area contributed by atoms with Crippen LogP contribution >= 0.6 is 0 Å². The summed E-state index contributed by atoms with van der Waals surface area (Å²) in [5, 5.41) is 3.47. The maximum Gasteiger partial charge on any atom is 0.0148 e. The van der Waals surface area contributed by atoms with Gasteiger partial charge in [0, 0.05) is 12.1 Å². The van der Waals surface area contributed by atoms with Crippen molar-refractivity contribution in [3.05, 3.63) is 0 Å². The molecule has 2 saturated heterocycles. The van der Waals surface area contributed by atoms with Gasteiger partial charge < -0.3 is 10.2 Å². The normalized spacial score (nSPS) is 45.8. The molecule has 64 valence electrons. The van der Waals surface area contributed by atoms with Gasteiger partial charge in [0.15, 0.2) is 0 Å². The van der Waals surface area contributed by atoms with E-state index >= 15 is 0 Å². The van der Waals surface area contributed by atoms with Crippen LogP contribution in [-0.2, 0) is 0 Å². The zero-order valence-electron chi connectivity index (χ0n) is 7.51. The van der Waals surface area contributed by atoms with Crippen LogP contribution in [0.4, 0.5) is 0 Å². The van der Waals surface area contributed by atoms with Gasteiger partial charge in [0.1, 0.15) is 0 Å². The molecule has 0 aromatic carbocycles. The van der Waals surface area contributed by atoms with Crippen molar-refractivity contribution >= 4 is 0 Å². The fourth-order valence-corrected chi connectivity index (χ4v) is 2.62. The van der Waals surface area contributed by atoms with E-state index in [1.807, 2.05) is 0 Å². The lowest BCUT2D eigenvalue weighted by molar-refractivity contribution is 0.200. The predicted octanol–water partition coefficient (Wildman–Crippen LogP) is 0.689. The van der Waals surface area contributed by atoms with E-state index in [9.17, 15) is 0 Å². The van der Waals surface area contributed by atoms with Gasteiger partial charge in [-0.05, 0) is 45.8 Å². The molecule has 0 saturated carbocycles. The van der Waals surface area contributed by atoms with E-state index in [2.05, 4.69) is 24.2 Å². The first-order chi connectivity index (χ1) is 5.29. The van der Waals surface area contributed by atoms with Crippen LogP contribution in [0.25, 0.3) is 0 Å². The Bertz CT molecular complexity index is 146. The van der Waals surface area contributed by atoms with E-state index in [0.29, 0.717) is 0 Å². The van der Waals surface area contributed by atoms with Gasteiger partial charge in [-0.25, -0.2) is 0 Å². The lowest BCUT2D eigenvalue weighted by atomic mass is 9.94. The molecule has 0 bridgehead atoms. The summed E-state index contributed by atoms with van der Waals surface area (Å²) >= 11 is 0. The fourth-order valence-electron chi connectivity index (χ4n) is 2.62. The molecule has 0 aromatic rings. The molecule has 11 heavy (non-hydrogen) atoms. The Morgan fingerprint density at radius 2 is 2.27 bits per heavy atom. The third kappa shape index (κ3) is 1.18. The summed E-state index contributed by atoms with van der Waals surface area (Å²) in [5.74, 6) is 0.934. The number of piperidine rings is 1. The summed E-state index contributed by atoms with van der Waals surface area (Å²) in [5.41, 5.74) is 0. The molecule has 2 heterocycles. The second-order valence-corrected chi connectivity index (χ2v) is 4.07. The summed E-state index contributed by atoms with van der Waals surface area (Å²) < 4.78 is 0. The number of hydrogen-bond acceptors (Lipinski definition) is 2. The SMILES string of the molecule is CC1CC2CNCCC2N1C. The quantitative estimate of drug-likeness (QED) is 0.552. The fraction of sp³-hybridized carbons (Fsp3) is 1.00. The average molecular weight is 154 g/mol. The molecular weight excluding hydrogens is 136 g/mol. The van der Waals surface area contributed by atoms with Gasteiger partial charge in [-0.15, -0.1) is 0 Å². The summed E-state index contributed by atoms with van der Waals surface area (Å²) in [6, 6.07) is 1.69. The number of nitrogens with zero attached hydrogens (tertiary/aromatic N) is 1. The van der Waals surface area contributed by atoms with Crippen LogP contribution < -0.4 is 5.32 Å². The van der Waals surface area contributed by atoms with Crippen LogP contribution in [0.3, 0.4) is 0 Å². The monoisotopic (exact) mass is 154 g/mol. The van der Waals surface area contributed by atoms with Gasteiger partial charge >= 0.3 is 0 Å². The van der Waals surface area contributed by atoms with Gasteiger partial charge in [-0.1, -0.05) is 0 Å². The Labute approximate surface area is 69.0 Å². The third-order valence-corrected chi connectivity index (χ3v) is 3.43. The molecule has 3 atom stereocenters. The molecule has 2 aliphatic heterocycles. The van der Waals surface area contributed by atoms with Crippen LogP contribution in [-0.4, -0.2) is 37.1 Å². The molecule has 0 aromatic heterocycles. The second-order valence-electron chi connectivity index (χ2n) is 4.07. The Balaban J connectivity index is 2.05. The Morgan fingerprint density at radius 3 is 3.00 bits per heavy atom. The number of likely N-dealkylation sites (tertiary alicyclic amines) is 1. The van der Waals surface area contributed by atoms with Gasteiger partial charge in [0.2, 0.25) is 0 Å². The van der Waals surface area contributed by atoms with Gasteiger partial charge in [-0.3, -0.25) is 0 Å². The molecule has 0 amide bonds. The highest BCUT2D eigenvalue weighted by Crippen LogP contribution is 2.31. The van der Waals surface area contributed by atoms with Crippen molar-refractivity contribution in [1.82, 2.24) is 10.2 Å². The molecule has 3 unspecified atom stereocenters. The summed E-state index contributed by atoms with van der Waals surface area (Å²) in [6.45, 7) is 4.82. The van der Waals surface area contributed by atoms with Crippen molar-refractivity contribution in [3.8, 4) is 0 Å². The maximum absolute atomic E-state index is 3.47. The van der Waals surface area contributed by atoms with E-state index in [-0.39, 0.29) is 0 Å². The van der Waals surface area contributed by atoms with E-state index in [4.69, 9.17) is 0 Å². The minimum Gasteiger partial charge on any atom is -0.316 e. The van der Waals surface area contributed by atoms with Crippen LogP contribution in [0.5, 0.6) is 0 Å². The highest BCUT2D eigenvalue weighted by molar-refractivity contribution is 4.93. The first-order valence-electron chi connectivity index (χ1n) is 4.71. The van der Waals surface area contributed by atoms with E-state index in [1.54, 1.807) is 0 Å².